The molecule has 5 aliphatic rings. The van der Waals surface area contributed by atoms with E-state index in [-0.39, 0.29) is 35.0 Å². The van der Waals surface area contributed by atoms with Crippen molar-refractivity contribution in [1.29, 1.82) is 0 Å². The summed E-state index contributed by atoms with van der Waals surface area (Å²) in [6.45, 7) is 5.48. The Morgan fingerprint density at radius 3 is 2.72 bits per heavy atom. The molecule has 1 saturated heterocycles. The van der Waals surface area contributed by atoms with E-state index in [1.54, 1.807) is 13.0 Å². The van der Waals surface area contributed by atoms with Gasteiger partial charge in [-0.25, -0.2) is 0 Å². The van der Waals surface area contributed by atoms with Crippen molar-refractivity contribution in [3.8, 4) is 5.75 Å². The van der Waals surface area contributed by atoms with E-state index in [0.717, 1.165) is 45.2 Å². The first-order valence-corrected chi connectivity index (χ1v) is 12.0. The molecule has 2 N–H and O–H groups in total. The zero-order chi connectivity index (χ0) is 22.5. The summed E-state index contributed by atoms with van der Waals surface area (Å²) in [6.07, 6.45) is 6.29. The molecule has 3 aliphatic carbocycles. The number of amides is 3. The number of hydrogen-bond acceptors (Lipinski definition) is 4. The van der Waals surface area contributed by atoms with Crippen LogP contribution in [0.1, 0.15) is 69.2 Å². The predicted octanol–water partition coefficient (Wildman–Crippen LogP) is 2.85. The van der Waals surface area contributed by atoms with Crippen LogP contribution < -0.4 is 15.4 Å². The smallest absolute Gasteiger partial charge is 0.258 e. The maximum Gasteiger partial charge on any atom is 0.258 e. The number of likely N-dealkylation sites (tertiary alicyclic amines) is 1. The molecule has 4 fully saturated rings. The van der Waals surface area contributed by atoms with Crippen LogP contribution in [0.4, 0.5) is 0 Å². The minimum Gasteiger partial charge on any atom is -0.467 e. The van der Waals surface area contributed by atoms with Gasteiger partial charge < -0.3 is 20.3 Å². The van der Waals surface area contributed by atoms with E-state index in [9.17, 15) is 14.4 Å². The first-order valence-electron chi connectivity index (χ1n) is 12.0. The Bertz CT molecular complexity index is 943. The molecule has 0 unspecified atom stereocenters. The van der Waals surface area contributed by atoms with E-state index in [4.69, 9.17) is 4.74 Å². The van der Waals surface area contributed by atoms with E-state index >= 15 is 0 Å². The molecule has 1 spiro atoms. The fourth-order valence-corrected chi connectivity index (χ4v) is 6.42. The normalized spacial score (nSPS) is 34.3. The van der Waals surface area contributed by atoms with E-state index in [1.165, 1.54) is 0 Å². The lowest BCUT2D eigenvalue weighted by Crippen LogP contribution is -2.69. The van der Waals surface area contributed by atoms with Crippen LogP contribution in [0.5, 0.6) is 5.75 Å². The van der Waals surface area contributed by atoms with Crippen LogP contribution in [-0.2, 0) is 9.59 Å². The zero-order valence-corrected chi connectivity index (χ0v) is 19.0. The van der Waals surface area contributed by atoms with Gasteiger partial charge in [0.05, 0.1) is 5.56 Å². The average molecular weight is 440 g/mol. The minimum atomic E-state index is -0.759. The van der Waals surface area contributed by atoms with Gasteiger partial charge in [0.15, 0.2) is 5.72 Å². The van der Waals surface area contributed by atoms with E-state index in [0.29, 0.717) is 24.2 Å². The monoisotopic (exact) mass is 439 g/mol. The van der Waals surface area contributed by atoms with Gasteiger partial charge in [-0.05, 0) is 63.0 Å². The maximum atomic E-state index is 13.3. The molecule has 7 nitrogen and oxygen atoms in total. The molecule has 2 bridgehead atoms. The van der Waals surface area contributed by atoms with Crippen molar-refractivity contribution >= 4 is 17.7 Å². The fraction of sp³-hybridized carbons (Fsp3) is 0.640. The molecule has 3 saturated carbocycles. The number of para-hydroxylation sites is 1. The molecule has 5 atom stereocenters. The Kier molecular flexibility index (Phi) is 5.18. The van der Waals surface area contributed by atoms with Crippen molar-refractivity contribution in [1.82, 2.24) is 15.5 Å². The maximum absolute atomic E-state index is 13.3. The van der Waals surface area contributed by atoms with E-state index in [1.807, 2.05) is 23.1 Å². The number of carbonyl (C=O) groups is 3. The van der Waals surface area contributed by atoms with Crippen molar-refractivity contribution < 1.29 is 19.1 Å². The molecule has 7 heteroatoms. The van der Waals surface area contributed by atoms with Gasteiger partial charge in [-0.15, -0.1) is 0 Å². The number of ether oxygens (including phenoxy) is 1. The van der Waals surface area contributed by atoms with Crippen molar-refractivity contribution in [3.05, 3.63) is 29.8 Å². The number of fused-ring (bicyclic) bond motifs is 3. The quantitative estimate of drug-likeness (QED) is 0.758. The average Bonchev–Trinajstić information content (AvgIpc) is 2.78. The topological polar surface area (TPSA) is 87.7 Å². The van der Waals surface area contributed by atoms with Crippen molar-refractivity contribution in [2.24, 2.45) is 17.3 Å². The molecule has 3 amide bonds. The second-order valence-electron chi connectivity index (χ2n) is 10.4. The molecule has 32 heavy (non-hydrogen) atoms. The van der Waals surface area contributed by atoms with Crippen molar-refractivity contribution in [2.45, 2.75) is 70.6 Å². The van der Waals surface area contributed by atoms with Gasteiger partial charge >= 0.3 is 0 Å². The van der Waals surface area contributed by atoms with Crippen LogP contribution in [0.25, 0.3) is 0 Å². The highest BCUT2D eigenvalue weighted by molar-refractivity contribution is 5.98. The second-order valence-corrected chi connectivity index (χ2v) is 10.4. The number of rotatable bonds is 3. The van der Waals surface area contributed by atoms with Crippen LogP contribution in [0.2, 0.25) is 0 Å². The van der Waals surface area contributed by atoms with Gasteiger partial charge in [0.1, 0.15) is 11.8 Å². The number of nitrogens with one attached hydrogen (secondary N) is 2. The van der Waals surface area contributed by atoms with Crippen LogP contribution >= 0.6 is 0 Å². The van der Waals surface area contributed by atoms with Gasteiger partial charge in [-0.3, -0.25) is 14.4 Å². The molecule has 0 aromatic heterocycles. The highest BCUT2D eigenvalue weighted by atomic mass is 16.5. The highest BCUT2D eigenvalue weighted by Crippen LogP contribution is 2.58. The number of piperidine rings is 1. The predicted molar refractivity (Wildman–Crippen MR) is 119 cm³/mol. The molecule has 2 heterocycles. The van der Waals surface area contributed by atoms with Crippen LogP contribution in [0.3, 0.4) is 0 Å². The number of carbonyl (C=O) groups excluding carboxylic acids is 3. The lowest BCUT2D eigenvalue weighted by atomic mass is 9.52. The summed E-state index contributed by atoms with van der Waals surface area (Å²) in [5.41, 5.74) is -0.499. The summed E-state index contributed by atoms with van der Waals surface area (Å²) < 4.78 is 6.43. The Hall–Kier alpha value is -2.57. The summed E-state index contributed by atoms with van der Waals surface area (Å²) in [5, 5.41) is 6.17. The molecular formula is C25H33N3O4. The Balaban J connectivity index is 1.30. The Morgan fingerprint density at radius 1 is 1.22 bits per heavy atom. The third-order valence-electron chi connectivity index (χ3n) is 8.21. The molecule has 1 aromatic rings. The van der Waals surface area contributed by atoms with Gasteiger partial charge in [-0.1, -0.05) is 19.1 Å². The summed E-state index contributed by atoms with van der Waals surface area (Å²) >= 11 is 0. The number of benzene rings is 1. The van der Waals surface area contributed by atoms with Crippen molar-refractivity contribution in [3.63, 3.8) is 0 Å². The second kappa shape index (κ2) is 7.78. The van der Waals surface area contributed by atoms with Crippen LogP contribution in [0, 0.1) is 17.3 Å². The Labute approximate surface area is 189 Å². The number of hydrogen-bond donors (Lipinski definition) is 2. The SMILES string of the molecule is C[C@@H](NC(=O)[C@@H]1C[C@@H]2CC[C@]1(C)C[C@@]21NC(=O)c2ccccc2O1)C(=O)N1CCCCC1. The third kappa shape index (κ3) is 3.46. The Morgan fingerprint density at radius 2 is 1.97 bits per heavy atom. The van der Waals surface area contributed by atoms with Crippen LogP contribution in [0.15, 0.2) is 24.3 Å². The molecule has 2 aliphatic heterocycles. The summed E-state index contributed by atoms with van der Waals surface area (Å²) in [4.78, 5) is 40.8. The van der Waals surface area contributed by atoms with Crippen molar-refractivity contribution in [2.75, 3.05) is 13.1 Å². The third-order valence-corrected chi connectivity index (χ3v) is 8.21. The summed E-state index contributed by atoms with van der Waals surface area (Å²) in [5.74, 6) is 0.345. The van der Waals surface area contributed by atoms with E-state index in [2.05, 4.69) is 17.6 Å². The molecule has 172 valence electrons. The first kappa shape index (κ1) is 21.3. The first-order chi connectivity index (χ1) is 15.3. The minimum absolute atomic E-state index is 0.0140. The van der Waals surface area contributed by atoms with E-state index < -0.39 is 11.8 Å². The summed E-state index contributed by atoms with van der Waals surface area (Å²) in [7, 11) is 0. The molecular weight excluding hydrogens is 406 g/mol. The highest BCUT2D eigenvalue weighted by Gasteiger charge is 2.62. The van der Waals surface area contributed by atoms with Crippen LogP contribution in [-0.4, -0.2) is 47.5 Å². The van der Waals surface area contributed by atoms with Gasteiger partial charge in [0.2, 0.25) is 11.8 Å². The molecule has 1 aromatic carbocycles. The van der Waals surface area contributed by atoms with Gasteiger partial charge in [0, 0.05) is 31.3 Å². The lowest BCUT2D eigenvalue weighted by molar-refractivity contribution is -0.168. The zero-order valence-electron chi connectivity index (χ0n) is 19.0. The fourth-order valence-electron chi connectivity index (χ4n) is 6.42. The lowest BCUT2D eigenvalue weighted by Gasteiger charge is -2.59. The largest absolute Gasteiger partial charge is 0.467 e. The molecule has 0 radical (unpaired) electrons. The van der Waals surface area contributed by atoms with Gasteiger partial charge in [-0.2, -0.15) is 0 Å². The summed E-state index contributed by atoms with van der Waals surface area (Å²) in [6, 6.07) is 6.82. The number of nitrogens with zero attached hydrogens (tertiary/aromatic N) is 1. The standard InChI is InChI=1S/C25H33N3O4/c1-16(23(31)28-12-6-3-7-13-28)26-22(30)19-14-17-10-11-24(19,2)15-25(17)27-21(29)18-8-4-5-9-20(18)32-25/h4-5,8-9,16-17,19H,3,6-7,10-15H2,1-2H3,(H,26,30)(H,27,29)/t16-,17+,19+,24-,25+/m1/s1. The molecule has 6 rings (SSSR count). The van der Waals surface area contributed by atoms with Gasteiger partial charge in [0.25, 0.3) is 5.91 Å².